The summed E-state index contributed by atoms with van der Waals surface area (Å²) >= 11 is 1.67. The van der Waals surface area contributed by atoms with Crippen LogP contribution in [0.2, 0.25) is 0 Å². The number of para-hydroxylation sites is 1. The average molecular weight is 284 g/mol. The zero-order valence-electron chi connectivity index (χ0n) is 11.3. The van der Waals surface area contributed by atoms with E-state index in [1.54, 1.807) is 11.3 Å². The highest BCUT2D eigenvalue weighted by Gasteiger charge is 2.15. The zero-order chi connectivity index (χ0) is 13.9. The van der Waals surface area contributed by atoms with Crippen LogP contribution in [-0.2, 0) is 6.54 Å². The maximum absolute atomic E-state index is 12.5. The first-order valence-electron chi connectivity index (χ1n) is 6.72. The predicted octanol–water partition coefficient (Wildman–Crippen LogP) is 4.37. The summed E-state index contributed by atoms with van der Waals surface area (Å²) in [7, 11) is 0. The minimum atomic E-state index is -0.0481. The third kappa shape index (κ3) is 2.34. The summed E-state index contributed by atoms with van der Waals surface area (Å²) in [5, 5.41) is 5.02. The molecule has 2 aromatic heterocycles. The van der Waals surface area contributed by atoms with Gasteiger partial charge in [0.25, 0.3) is 5.91 Å². The van der Waals surface area contributed by atoms with Gasteiger partial charge in [-0.05, 0) is 36.1 Å². The minimum Gasteiger partial charge on any atom is -0.336 e. The number of rotatable bonds is 4. The van der Waals surface area contributed by atoms with Gasteiger partial charge in [-0.2, -0.15) is 0 Å². The van der Waals surface area contributed by atoms with Gasteiger partial charge in [0, 0.05) is 12.2 Å². The molecule has 0 aliphatic rings. The number of thiophene rings is 1. The summed E-state index contributed by atoms with van der Waals surface area (Å²) in [6.45, 7) is 2.98. The maximum atomic E-state index is 12.5. The lowest BCUT2D eigenvalue weighted by atomic mass is 10.3. The second kappa shape index (κ2) is 5.51. The van der Waals surface area contributed by atoms with E-state index < -0.39 is 0 Å². The Morgan fingerprint density at radius 2 is 2.05 bits per heavy atom. The highest BCUT2D eigenvalue weighted by atomic mass is 32.1. The van der Waals surface area contributed by atoms with Gasteiger partial charge in [-0.15, -0.1) is 11.3 Å². The van der Waals surface area contributed by atoms with Gasteiger partial charge < -0.3 is 9.88 Å². The van der Waals surface area contributed by atoms with E-state index in [1.807, 2.05) is 36.4 Å². The lowest BCUT2D eigenvalue weighted by Crippen LogP contribution is -2.17. The summed E-state index contributed by atoms with van der Waals surface area (Å²) in [6, 6.07) is 13.6. The fourth-order valence-electron chi connectivity index (χ4n) is 2.35. The molecule has 0 saturated carbocycles. The van der Waals surface area contributed by atoms with E-state index in [-0.39, 0.29) is 5.91 Å². The largest absolute Gasteiger partial charge is 0.336 e. The van der Waals surface area contributed by atoms with Crippen molar-refractivity contribution < 1.29 is 4.79 Å². The molecule has 0 bridgehead atoms. The van der Waals surface area contributed by atoms with Crippen LogP contribution in [0.5, 0.6) is 0 Å². The number of carbonyl (C=O) groups is 1. The van der Waals surface area contributed by atoms with Gasteiger partial charge in [0.1, 0.15) is 5.69 Å². The second-order valence-corrected chi connectivity index (χ2v) is 5.62. The van der Waals surface area contributed by atoms with E-state index in [2.05, 4.69) is 28.3 Å². The van der Waals surface area contributed by atoms with Gasteiger partial charge in [0.05, 0.1) is 10.2 Å². The Hall–Kier alpha value is -2.07. The average Bonchev–Trinajstić information content (AvgIpc) is 3.03. The van der Waals surface area contributed by atoms with Crippen molar-refractivity contribution in [2.24, 2.45) is 0 Å². The van der Waals surface area contributed by atoms with E-state index in [4.69, 9.17) is 0 Å². The number of amides is 1. The molecule has 1 N–H and O–H groups in total. The molecule has 0 unspecified atom stereocenters. The number of fused-ring (bicyclic) bond motifs is 1. The molecule has 0 saturated heterocycles. The highest BCUT2D eigenvalue weighted by molar-refractivity contribution is 7.17. The number of aryl methyl sites for hydroxylation is 1. The molecule has 0 aliphatic heterocycles. The van der Waals surface area contributed by atoms with E-state index >= 15 is 0 Å². The Kier molecular flexibility index (Phi) is 3.56. The molecule has 0 fully saturated rings. The molecule has 4 heteroatoms. The summed E-state index contributed by atoms with van der Waals surface area (Å²) in [4.78, 5) is 12.5. The van der Waals surface area contributed by atoms with Crippen molar-refractivity contribution in [3.8, 4) is 0 Å². The Bertz CT molecular complexity index is 727. The molecule has 102 valence electrons. The molecule has 0 aliphatic carbocycles. The van der Waals surface area contributed by atoms with E-state index in [0.717, 1.165) is 34.6 Å². The number of benzene rings is 1. The summed E-state index contributed by atoms with van der Waals surface area (Å²) in [6.07, 6.45) is 1.01. The number of aromatic nitrogens is 1. The number of nitrogens with one attached hydrogen (secondary N) is 1. The monoisotopic (exact) mass is 284 g/mol. The van der Waals surface area contributed by atoms with Crippen molar-refractivity contribution in [1.29, 1.82) is 0 Å². The SMILES string of the molecule is CCCn1c(C(=O)Nc2ccccc2)cc2sccc21. The van der Waals surface area contributed by atoms with Crippen LogP contribution < -0.4 is 5.32 Å². The zero-order valence-corrected chi connectivity index (χ0v) is 12.1. The molecular weight excluding hydrogens is 268 g/mol. The van der Waals surface area contributed by atoms with Crippen molar-refractivity contribution in [2.75, 3.05) is 5.32 Å². The number of carbonyl (C=O) groups excluding carboxylic acids is 1. The summed E-state index contributed by atoms with van der Waals surface area (Å²) < 4.78 is 3.26. The molecule has 3 nitrogen and oxygen atoms in total. The second-order valence-electron chi connectivity index (χ2n) is 4.67. The molecule has 3 rings (SSSR count). The topological polar surface area (TPSA) is 34.0 Å². The number of nitrogens with zero attached hydrogens (tertiary/aromatic N) is 1. The van der Waals surface area contributed by atoms with Crippen molar-refractivity contribution in [2.45, 2.75) is 19.9 Å². The molecule has 1 amide bonds. The van der Waals surface area contributed by atoms with Crippen molar-refractivity contribution >= 4 is 33.1 Å². The first-order valence-corrected chi connectivity index (χ1v) is 7.60. The Labute approximate surface area is 121 Å². The van der Waals surface area contributed by atoms with Gasteiger partial charge in [-0.1, -0.05) is 25.1 Å². The Morgan fingerprint density at radius 1 is 1.25 bits per heavy atom. The first kappa shape index (κ1) is 12.9. The van der Waals surface area contributed by atoms with Crippen molar-refractivity contribution in [1.82, 2.24) is 4.57 Å². The van der Waals surface area contributed by atoms with Crippen LogP contribution in [-0.4, -0.2) is 10.5 Å². The molecule has 1 aromatic carbocycles. The smallest absolute Gasteiger partial charge is 0.272 e. The van der Waals surface area contributed by atoms with Crippen LogP contribution in [0.4, 0.5) is 5.69 Å². The van der Waals surface area contributed by atoms with Crippen LogP contribution in [0, 0.1) is 0 Å². The highest BCUT2D eigenvalue weighted by Crippen LogP contribution is 2.26. The Balaban J connectivity index is 1.94. The fraction of sp³-hybridized carbons (Fsp3) is 0.188. The van der Waals surface area contributed by atoms with Crippen LogP contribution >= 0.6 is 11.3 Å². The fourth-order valence-corrected chi connectivity index (χ4v) is 3.17. The normalized spacial score (nSPS) is 10.8. The van der Waals surface area contributed by atoms with Crippen molar-refractivity contribution in [3.05, 3.63) is 53.5 Å². The van der Waals surface area contributed by atoms with Crippen LogP contribution in [0.15, 0.2) is 47.8 Å². The minimum absolute atomic E-state index is 0.0481. The van der Waals surface area contributed by atoms with Gasteiger partial charge >= 0.3 is 0 Å². The summed E-state index contributed by atoms with van der Waals surface area (Å²) in [5.41, 5.74) is 2.71. The van der Waals surface area contributed by atoms with Crippen molar-refractivity contribution in [3.63, 3.8) is 0 Å². The number of hydrogen-bond acceptors (Lipinski definition) is 2. The third-order valence-electron chi connectivity index (χ3n) is 3.23. The van der Waals surface area contributed by atoms with Gasteiger partial charge in [0.2, 0.25) is 0 Å². The van der Waals surface area contributed by atoms with E-state index in [0.29, 0.717) is 0 Å². The third-order valence-corrected chi connectivity index (χ3v) is 4.09. The lowest BCUT2D eigenvalue weighted by molar-refractivity contribution is 0.101. The summed E-state index contributed by atoms with van der Waals surface area (Å²) in [5.74, 6) is -0.0481. The standard InChI is InChI=1S/C16H16N2OS/c1-2-9-18-13-8-10-20-15(13)11-14(18)16(19)17-12-6-4-3-5-7-12/h3-8,10-11H,2,9H2,1H3,(H,17,19). The Morgan fingerprint density at radius 3 is 2.80 bits per heavy atom. The molecule has 0 spiro atoms. The number of hydrogen-bond donors (Lipinski definition) is 1. The van der Waals surface area contributed by atoms with Crippen LogP contribution in [0.3, 0.4) is 0 Å². The predicted molar refractivity (Wildman–Crippen MR) is 84.5 cm³/mol. The lowest BCUT2D eigenvalue weighted by Gasteiger charge is -2.09. The van der Waals surface area contributed by atoms with Crippen LogP contribution in [0.1, 0.15) is 23.8 Å². The molecule has 2 heterocycles. The first-order chi connectivity index (χ1) is 9.79. The maximum Gasteiger partial charge on any atom is 0.272 e. The molecule has 3 aromatic rings. The van der Waals surface area contributed by atoms with Gasteiger partial charge in [-0.25, -0.2) is 0 Å². The molecule has 0 radical (unpaired) electrons. The van der Waals surface area contributed by atoms with Gasteiger partial charge in [-0.3, -0.25) is 4.79 Å². The molecule has 20 heavy (non-hydrogen) atoms. The van der Waals surface area contributed by atoms with Gasteiger partial charge in [0.15, 0.2) is 0 Å². The van der Waals surface area contributed by atoms with Crippen LogP contribution in [0.25, 0.3) is 10.2 Å². The molecular formula is C16H16N2OS. The number of anilines is 1. The van der Waals surface area contributed by atoms with E-state index in [1.165, 1.54) is 0 Å². The van der Waals surface area contributed by atoms with E-state index in [9.17, 15) is 4.79 Å². The molecule has 0 atom stereocenters. The quantitative estimate of drug-likeness (QED) is 0.758.